The minimum Gasteiger partial charge on any atom is -0.335 e. The number of carbonyl (C=O) groups excluding carboxylic acids is 1. The molecule has 24 heavy (non-hydrogen) atoms. The molecular formula is C19H23FN3O+. The lowest BCUT2D eigenvalue weighted by Gasteiger charge is -2.29. The van der Waals surface area contributed by atoms with Crippen molar-refractivity contribution in [3.05, 3.63) is 66.0 Å². The summed E-state index contributed by atoms with van der Waals surface area (Å²) in [5.41, 5.74) is 1.55. The molecule has 126 valence electrons. The van der Waals surface area contributed by atoms with Gasteiger partial charge in [-0.1, -0.05) is 42.5 Å². The Hall–Kier alpha value is -2.40. The first-order valence-corrected chi connectivity index (χ1v) is 8.40. The number of halogens is 1. The van der Waals surface area contributed by atoms with Gasteiger partial charge in [0.05, 0.1) is 18.8 Å². The number of benzene rings is 2. The maximum absolute atomic E-state index is 13.5. The smallest absolute Gasteiger partial charge is 0.319 e. The van der Waals surface area contributed by atoms with E-state index in [9.17, 15) is 9.18 Å². The fourth-order valence-corrected chi connectivity index (χ4v) is 3.14. The Labute approximate surface area is 141 Å². The van der Waals surface area contributed by atoms with Gasteiger partial charge in [0.2, 0.25) is 0 Å². The van der Waals surface area contributed by atoms with Gasteiger partial charge in [0.15, 0.2) is 0 Å². The number of amides is 2. The second kappa shape index (κ2) is 7.93. The maximum atomic E-state index is 13.5. The normalized spacial score (nSPS) is 20.4. The molecule has 0 aliphatic carbocycles. The zero-order valence-electron chi connectivity index (χ0n) is 13.6. The predicted octanol–water partition coefficient (Wildman–Crippen LogP) is 2.19. The van der Waals surface area contributed by atoms with Gasteiger partial charge in [0.25, 0.3) is 0 Å². The van der Waals surface area contributed by atoms with E-state index in [4.69, 9.17) is 0 Å². The van der Waals surface area contributed by atoms with E-state index in [1.807, 2.05) is 6.07 Å². The van der Waals surface area contributed by atoms with Gasteiger partial charge in [-0.05, 0) is 12.1 Å². The molecule has 0 unspecified atom stereocenters. The molecule has 2 amide bonds. The number of piperidine rings is 1. The van der Waals surface area contributed by atoms with Gasteiger partial charge in [-0.2, -0.15) is 0 Å². The molecule has 1 aliphatic heterocycles. The van der Waals surface area contributed by atoms with Gasteiger partial charge >= 0.3 is 6.03 Å². The molecular weight excluding hydrogens is 305 g/mol. The van der Waals surface area contributed by atoms with Gasteiger partial charge in [-0.15, -0.1) is 0 Å². The number of anilines is 1. The molecule has 0 radical (unpaired) electrons. The average molecular weight is 328 g/mol. The molecule has 1 fully saturated rings. The van der Waals surface area contributed by atoms with Crippen molar-refractivity contribution in [2.75, 3.05) is 18.4 Å². The summed E-state index contributed by atoms with van der Waals surface area (Å²) in [6.45, 7) is 3.08. The number of likely N-dealkylation sites (tertiary alicyclic amines) is 1. The molecule has 1 saturated heterocycles. The van der Waals surface area contributed by atoms with Crippen LogP contribution in [0.3, 0.4) is 0 Å². The lowest BCUT2D eigenvalue weighted by molar-refractivity contribution is -0.918. The summed E-state index contributed by atoms with van der Waals surface area (Å²) in [6, 6.07) is 16.5. The number of carbonyl (C=O) groups is 1. The highest BCUT2D eigenvalue weighted by molar-refractivity contribution is 5.89. The Morgan fingerprint density at radius 1 is 1.04 bits per heavy atom. The summed E-state index contributed by atoms with van der Waals surface area (Å²) in [7, 11) is 0. The SMILES string of the molecule is O=C(Nc1ccccc1F)NC1CC[NH+](Cc2ccccc2)CC1. The van der Waals surface area contributed by atoms with E-state index in [0.717, 1.165) is 32.5 Å². The zero-order chi connectivity index (χ0) is 16.8. The van der Waals surface area contributed by atoms with Crippen molar-refractivity contribution in [3.63, 3.8) is 0 Å². The number of hydrogen-bond donors (Lipinski definition) is 3. The fraction of sp³-hybridized carbons (Fsp3) is 0.316. The number of urea groups is 1. The number of nitrogens with one attached hydrogen (secondary N) is 3. The van der Waals surface area contributed by atoms with Crippen molar-refractivity contribution in [2.45, 2.75) is 25.4 Å². The van der Waals surface area contributed by atoms with Crippen LogP contribution in [0.4, 0.5) is 14.9 Å². The number of quaternary nitrogens is 1. The van der Waals surface area contributed by atoms with E-state index >= 15 is 0 Å². The van der Waals surface area contributed by atoms with Crippen molar-refractivity contribution in [3.8, 4) is 0 Å². The summed E-state index contributed by atoms with van der Waals surface area (Å²) < 4.78 is 13.5. The first-order chi connectivity index (χ1) is 11.7. The third-order valence-electron chi connectivity index (χ3n) is 4.45. The highest BCUT2D eigenvalue weighted by atomic mass is 19.1. The molecule has 3 N–H and O–H groups in total. The monoisotopic (exact) mass is 328 g/mol. The van der Waals surface area contributed by atoms with Crippen LogP contribution < -0.4 is 15.5 Å². The summed E-state index contributed by atoms with van der Waals surface area (Å²) in [5.74, 6) is -0.422. The third-order valence-corrected chi connectivity index (χ3v) is 4.45. The van der Waals surface area contributed by atoms with E-state index in [0.29, 0.717) is 0 Å². The van der Waals surface area contributed by atoms with Gasteiger partial charge in [-0.3, -0.25) is 0 Å². The second-order valence-electron chi connectivity index (χ2n) is 6.26. The van der Waals surface area contributed by atoms with Crippen LogP contribution in [-0.2, 0) is 6.54 Å². The highest BCUT2D eigenvalue weighted by Crippen LogP contribution is 2.12. The van der Waals surface area contributed by atoms with Gasteiger partial charge in [0.1, 0.15) is 12.4 Å². The van der Waals surface area contributed by atoms with E-state index in [2.05, 4.69) is 34.9 Å². The van der Waals surface area contributed by atoms with Gasteiger partial charge < -0.3 is 15.5 Å². The van der Waals surface area contributed by atoms with E-state index in [1.54, 1.807) is 18.2 Å². The van der Waals surface area contributed by atoms with Gasteiger partial charge in [0, 0.05) is 24.4 Å². The first-order valence-electron chi connectivity index (χ1n) is 8.40. The molecule has 0 spiro atoms. The van der Waals surface area contributed by atoms with Gasteiger partial charge in [-0.25, -0.2) is 9.18 Å². The van der Waals surface area contributed by atoms with Crippen LogP contribution in [0.15, 0.2) is 54.6 Å². The van der Waals surface area contributed by atoms with E-state index < -0.39 is 5.82 Å². The van der Waals surface area contributed by atoms with E-state index in [-0.39, 0.29) is 17.8 Å². The molecule has 2 aromatic carbocycles. The molecule has 0 saturated carbocycles. The van der Waals surface area contributed by atoms with Crippen molar-refractivity contribution in [1.82, 2.24) is 5.32 Å². The molecule has 2 aromatic rings. The second-order valence-corrected chi connectivity index (χ2v) is 6.26. The topological polar surface area (TPSA) is 45.6 Å². The number of hydrogen-bond acceptors (Lipinski definition) is 1. The molecule has 0 aromatic heterocycles. The molecule has 4 nitrogen and oxygen atoms in total. The predicted molar refractivity (Wildman–Crippen MR) is 92.4 cm³/mol. The van der Waals surface area contributed by atoms with Crippen LogP contribution in [0, 0.1) is 5.82 Å². The Bertz CT molecular complexity index is 669. The standard InChI is InChI=1S/C19H22FN3O/c20-17-8-4-5-9-18(17)22-19(24)21-16-10-12-23(13-11-16)14-15-6-2-1-3-7-15/h1-9,16H,10-14H2,(H2,21,22,24)/p+1. The Morgan fingerprint density at radius 3 is 2.42 bits per heavy atom. The minimum absolute atomic E-state index is 0.149. The van der Waals surface area contributed by atoms with E-state index in [1.165, 1.54) is 16.5 Å². The van der Waals surface area contributed by atoms with Crippen molar-refractivity contribution < 1.29 is 14.1 Å². The maximum Gasteiger partial charge on any atom is 0.319 e. The van der Waals surface area contributed by atoms with Crippen LogP contribution in [0.5, 0.6) is 0 Å². The molecule has 5 heteroatoms. The Balaban J connectivity index is 1.43. The quantitative estimate of drug-likeness (QED) is 0.792. The van der Waals surface area contributed by atoms with Crippen LogP contribution in [-0.4, -0.2) is 25.2 Å². The Kier molecular flexibility index (Phi) is 5.43. The van der Waals surface area contributed by atoms with Crippen molar-refractivity contribution >= 4 is 11.7 Å². The Morgan fingerprint density at radius 2 is 1.71 bits per heavy atom. The fourth-order valence-electron chi connectivity index (χ4n) is 3.14. The molecule has 0 atom stereocenters. The highest BCUT2D eigenvalue weighted by Gasteiger charge is 2.23. The van der Waals surface area contributed by atoms with Crippen LogP contribution in [0.25, 0.3) is 0 Å². The lowest BCUT2D eigenvalue weighted by Crippen LogP contribution is -3.12. The van der Waals surface area contributed by atoms with Crippen molar-refractivity contribution in [1.29, 1.82) is 0 Å². The molecule has 1 heterocycles. The number of para-hydroxylation sites is 1. The summed E-state index contributed by atoms with van der Waals surface area (Å²) in [6.07, 6.45) is 1.87. The summed E-state index contributed by atoms with van der Waals surface area (Å²) >= 11 is 0. The molecule has 3 rings (SSSR count). The lowest BCUT2D eigenvalue weighted by atomic mass is 10.0. The van der Waals surface area contributed by atoms with Crippen molar-refractivity contribution in [2.24, 2.45) is 0 Å². The van der Waals surface area contributed by atoms with Crippen LogP contribution in [0.2, 0.25) is 0 Å². The summed E-state index contributed by atoms with van der Waals surface area (Å²) in [4.78, 5) is 13.5. The van der Waals surface area contributed by atoms with Crippen LogP contribution in [0.1, 0.15) is 18.4 Å². The zero-order valence-corrected chi connectivity index (χ0v) is 13.6. The average Bonchev–Trinajstić information content (AvgIpc) is 2.60. The number of rotatable bonds is 4. The third kappa shape index (κ3) is 4.55. The minimum atomic E-state index is -0.422. The first kappa shape index (κ1) is 16.5. The summed E-state index contributed by atoms with van der Waals surface area (Å²) in [5, 5.41) is 5.53. The molecule has 1 aliphatic rings. The van der Waals surface area contributed by atoms with Crippen LogP contribution >= 0.6 is 0 Å². The largest absolute Gasteiger partial charge is 0.335 e. The molecule has 0 bridgehead atoms.